The summed E-state index contributed by atoms with van der Waals surface area (Å²) in [6.07, 6.45) is 9.24. The second-order valence-corrected chi connectivity index (χ2v) is 3.92. The van der Waals surface area contributed by atoms with Gasteiger partial charge in [0, 0.05) is 11.8 Å². The highest BCUT2D eigenvalue weighted by Gasteiger charge is 2.20. The molecule has 1 heterocycles. The highest BCUT2D eigenvalue weighted by atomic mass is 16.3. The van der Waals surface area contributed by atoms with E-state index in [-0.39, 0.29) is 6.10 Å². The summed E-state index contributed by atoms with van der Waals surface area (Å²) in [7, 11) is 0. The standard InChI is InChI=1S/C10H16N2O/c13-10(9-6-11-12-7-9)3-1-2-8-4-5-8/h6-8,10,13H,1-5H2,(H,11,12). The lowest BCUT2D eigenvalue weighted by molar-refractivity contribution is 0.163. The largest absolute Gasteiger partial charge is 0.388 e. The molecule has 1 saturated carbocycles. The smallest absolute Gasteiger partial charge is 0.0820 e. The van der Waals surface area contributed by atoms with Crippen LogP contribution >= 0.6 is 0 Å². The van der Waals surface area contributed by atoms with Crippen LogP contribution in [0.4, 0.5) is 0 Å². The van der Waals surface area contributed by atoms with E-state index in [1.54, 1.807) is 12.4 Å². The maximum Gasteiger partial charge on any atom is 0.0820 e. The molecule has 0 spiro atoms. The first-order chi connectivity index (χ1) is 6.36. The lowest BCUT2D eigenvalue weighted by Crippen LogP contribution is -1.95. The molecule has 0 radical (unpaired) electrons. The molecular formula is C10H16N2O. The number of aromatic amines is 1. The highest BCUT2D eigenvalue weighted by Crippen LogP contribution is 2.34. The van der Waals surface area contributed by atoms with Crippen molar-refractivity contribution < 1.29 is 5.11 Å². The van der Waals surface area contributed by atoms with Crippen molar-refractivity contribution in [1.29, 1.82) is 0 Å². The lowest BCUT2D eigenvalue weighted by atomic mass is 10.1. The predicted octanol–water partition coefficient (Wildman–Crippen LogP) is 2.02. The Morgan fingerprint density at radius 1 is 1.62 bits per heavy atom. The molecule has 1 aromatic heterocycles. The molecule has 0 aliphatic heterocycles. The number of hydrogen-bond donors (Lipinski definition) is 2. The Labute approximate surface area is 78.2 Å². The van der Waals surface area contributed by atoms with Crippen LogP contribution in [-0.4, -0.2) is 15.3 Å². The number of aromatic nitrogens is 2. The zero-order valence-electron chi connectivity index (χ0n) is 7.74. The number of H-pyrrole nitrogens is 1. The minimum absolute atomic E-state index is 0.322. The summed E-state index contributed by atoms with van der Waals surface area (Å²) in [5.41, 5.74) is 0.913. The van der Waals surface area contributed by atoms with Crippen LogP contribution in [0.25, 0.3) is 0 Å². The molecule has 0 aromatic carbocycles. The van der Waals surface area contributed by atoms with Gasteiger partial charge >= 0.3 is 0 Å². The summed E-state index contributed by atoms with van der Waals surface area (Å²) in [5.74, 6) is 0.969. The first-order valence-electron chi connectivity index (χ1n) is 5.03. The molecule has 3 nitrogen and oxygen atoms in total. The van der Waals surface area contributed by atoms with Gasteiger partial charge in [-0.3, -0.25) is 5.10 Å². The van der Waals surface area contributed by atoms with Gasteiger partial charge in [0.25, 0.3) is 0 Å². The van der Waals surface area contributed by atoms with Crippen LogP contribution in [-0.2, 0) is 0 Å². The summed E-state index contributed by atoms with van der Waals surface area (Å²) in [6, 6.07) is 0. The molecule has 1 unspecified atom stereocenters. The average Bonchev–Trinajstić information content (AvgIpc) is 2.80. The van der Waals surface area contributed by atoms with E-state index in [9.17, 15) is 5.11 Å². The van der Waals surface area contributed by atoms with Gasteiger partial charge in [0.2, 0.25) is 0 Å². The topological polar surface area (TPSA) is 48.9 Å². The molecule has 0 amide bonds. The molecule has 1 aliphatic rings. The van der Waals surface area contributed by atoms with Gasteiger partial charge in [-0.1, -0.05) is 25.7 Å². The minimum atomic E-state index is -0.322. The molecular weight excluding hydrogens is 164 g/mol. The van der Waals surface area contributed by atoms with E-state index >= 15 is 0 Å². The van der Waals surface area contributed by atoms with Crippen molar-refractivity contribution in [3.8, 4) is 0 Å². The maximum absolute atomic E-state index is 9.68. The number of aliphatic hydroxyl groups is 1. The summed E-state index contributed by atoms with van der Waals surface area (Å²) >= 11 is 0. The van der Waals surface area contributed by atoms with Crippen molar-refractivity contribution in [2.75, 3.05) is 0 Å². The Morgan fingerprint density at radius 3 is 3.08 bits per heavy atom. The van der Waals surface area contributed by atoms with Gasteiger partial charge in [-0.05, 0) is 12.3 Å². The number of nitrogens with one attached hydrogen (secondary N) is 1. The van der Waals surface area contributed by atoms with Crippen molar-refractivity contribution in [2.45, 2.75) is 38.2 Å². The fourth-order valence-electron chi connectivity index (χ4n) is 1.62. The van der Waals surface area contributed by atoms with Crippen LogP contribution in [0.2, 0.25) is 0 Å². The fourth-order valence-corrected chi connectivity index (χ4v) is 1.62. The summed E-state index contributed by atoms with van der Waals surface area (Å²) in [6.45, 7) is 0. The van der Waals surface area contributed by atoms with Crippen LogP contribution in [0.3, 0.4) is 0 Å². The quantitative estimate of drug-likeness (QED) is 0.728. The summed E-state index contributed by atoms with van der Waals surface area (Å²) < 4.78 is 0. The first-order valence-corrected chi connectivity index (χ1v) is 5.03. The van der Waals surface area contributed by atoms with Gasteiger partial charge in [-0.25, -0.2) is 0 Å². The fraction of sp³-hybridized carbons (Fsp3) is 0.700. The zero-order valence-corrected chi connectivity index (χ0v) is 7.74. The van der Waals surface area contributed by atoms with Crippen LogP contribution in [0.1, 0.15) is 43.8 Å². The van der Waals surface area contributed by atoms with Gasteiger partial charge in [-0.15, -0.1) is 0 Å². The Hall–Kier alpha value is -0.830. The van der Waals surface area contributed by atoms with Crippen LogP contribution in [0.15, 0.2) is 12.4 Å². The predicted molar refractivity (Wildman–Crippen MR) is 50.1 cm³/mol. The lowest BCUT2D eigenvalue weighted by Gasteiger charge is -2.06. The molecule has 2 rings (SSSR count). The maximum atomic E-state index is 9.68. The second kappa shape index (κ2) is 3.92. The molecule has 1 aliphatic carbocycles. The van der Waals surface area contributed by atoms with Gasteiger partial charge in [0.15, 0.2) is 0 Å². The van der Waals surface area contributed by atoms with E-state index in [0.717, 1.165) is 24.3 Å². The molecule has 0 saturated heterocycles. The van der Waals surface area contributed by atoms with Gasteiger partial charge < -0.3 is 5.11 Å². The van der Waals surface area contributed by atoms with Crippen molar-refractivity contribution >= 4 is 0 Å². The number of hydrogen-bond acceptors (Lipinski definition) is 2. The number of nitrogens with zero attached hydrogens (tertiary/aromatic N) is 1. The molecule has 1 fully saturated rings. The van der Waals surface area contributed by atoms with Gasteiger partial charge in [0.1, 0.15) is 0 Å². The average molecular weight is 180 g/mol. The van der Waals surface area contributed by atoms with Crippen molar-refractivity contribution in [3.63, 3.8) is 0 Å². The Bertz CT molecular complexity index is 241. The SMILES string of the molecule is OC(CCCC1CC1)c1cn[nH]c1. The van der Waals surface area contributed by atoms with Crippen LogP contribution < -0.4 is 0 Å². The van der Waals surface area contributed by atoms with E-state index in [1.807, 2.05) is 0 Å². The molecule has 72 valence electrons. The molecule has 1 atom stereocenters. The Balaban J connectivity index is 1.68. The van der Waals surface area contributed by atoms with Gasteiger partial charge in [-0.2, -0.15) is 5.10 Å². The third-order valence-electron chi connectivity index (χ3n) is 2.69. The minimum Gasteiger partial charge on any atom is -0.388 e. The highest BCUT2D eigenvalue weighted by molar-refractivity contribution is 5.06. The van der Waals surface area contributed by atoms with E-state index in [1.165, 1.54) is 19.3 Å². The normalized spacial score (nSPS) is 18.8. The first kappa shape index (κ1) is 8.75. The Morgan fingerprint density at radius 2 is 2.46 bits per heavy atom. The molecule has 2 N–H and O–H groups in total. The molecule has 0 bridgehead atoms. The number of rotatable bonds is 5. The summed E-state index contributed by atoms with van der Waals surface area (Å²) in [5, 5.41) is 16.2. The third kappa shape index (κ3) is 2.56. The summed E-state index contributed by atoms with van der Waals surface area (Å²) in [4.78, 5) is 0. The van der Waals surface area contributed by atoms with Crippen LogP contribution in [0, 0.1) is 5.92 Å². The monoisotopic (exact) mass is 180 g/mol. The molecule has 1 aromatic rings. The van der Waals surface area contributed by atoms with E-state index in [4.69, 9.17) is 0 Å². The van der Waals surface area contributed by atoms with Crippen molar-refractivity contribution in [3.05, 3.63) is 18.0 Å². The third-order valence-corrected chi connectivity index (χ3v) is 2.69. The van der Waals surface area contributed by atoms with Crippen molar-refractivity contribution in [1.82, 2.24) is 10.2 Å². The van der Waals surface area contributed by atoms with E-state index in [0.29, 0.717) is 0 Å². The number of aliphatic hydroxyl groups excluding tert-OH is 1. The Kier molecular flexibility index (Phi) is 2.64. The molecule has 13 heavy (non-hydrogen) atoms. The van der Waals surface area contributed by atoms with Gasteiger partial charge in [0.05, 0.1) is 12.3 Å². The van der Waals surface area contributed by atoms with Crippen LogP contribution in [0.5, 0.6) is 0 Å². The molecule has 3 heteroatoms. The van der Waals surface area contributed by atoms with E-state index in [2.05, 4.69) is 10.2 Å². The van der Waals surface area contributed by atoms with E-state index < -0.39 is 0 Å². The second-order valence-electron chi connectivity index (χ2n) is 3.92. The zero-order chi connectivity index (χ0) is 9.10. The van der Waals surface area contributed by atoms with Crippen molar-refractivity contribution in [2.24, 2.45) is 5.92 Å².